The van der Waals surface area contributed by atoms with Crippen molar-refractivity contribution in [2.75, 3.05) is 24.7 Å². The first-order valence-corrected chi connectivity index (χ1v) is 12.3. The van der Waals surface area contributed by atoms with Gasteiger partial charge in [0.05, 0.1) is 35.9 Å². The van der Waals surface area contributed by atoms with Gasteiger partial charge in [0.25, 0.3) is 10.0 Å². The lowest BCUT2D eigenvalue weighted by atomic mass is 10.2. The van der Waals surface area contributed by atoms with E-state index in [9.17, 15) is 8.42 Å². The number of ether oxygens (including phenoxy) is 1. The maximum Gasteiger partial charge on any atom is 0.268 e. The Kier molecular flexibility index (Phi) is 5.55. The van der Waals surface area contributed by atoms with Crippen LogP contribution >= 0.6 is 11.6 Å². The van der Waals surface area contributed by atoms with Crippen molar-refractivity contribution in [3.8, 4) is 11.4 Å². The highest BCUT2D eigenvalue weighted by molar-refractivity contribution is 7.90. The van der Waals surface area contributed by atoms with Crippen LogP contribution in [0.1, 0.15) is 12.5 Å². The molecule has 4 heterocycles. The van der Waals surface area contributed by atoms with E-state index in [1.54, 1.807) is 42.6 Å². The van der Waals surface area contributed by atoms with Gasteiger partial charge in [-0.3, -0.25) is 4.98 Å². The molecule has 5 rings (SSSR count). The van der Waals surface area contributed by atoms with Crippen molar-refractivity contribution in [3.63, 3.8) is 0 Å². The van der Waals surface area contributed by atoms with Crippen LogP contribution in [0, 0.1) is 6.92 Å². The standard InChI is InChI=1S/C23H22ClN5O3S/c1-15-3-5-17(6-4-15)33(30,31)29-8-7-18-19(12-25-13-20(18)29)23-26-21(24)11-22(27-23)28-9-10-32-14-16(28)2/h3-8,11-13,16H,9-10,14H2,1-2H3/t16-/m1/s1. The summed E-state index contributed by atoms with van der Waals surface area (Å²) >= 11 is 6.36. The highest BCUT2D eigenvalue weighted by Crippen LogP contribution is 2.31. The third-order valence-corrected chi connectivity index (χ3v) is 7.64. The Bertz CT molecular complexity index is 1440. The van der Waals surface area contributed by atoms with E-state index in [0.717, 1.165) is 5.56 Å². The van der Waals surface area contributed by atoms with Crippen LogP contribution in [0.5, 0.6) is 0 Å². The van der Waals surface area contributed by atoms with Gasteiger partial charge >= 0.3 is 0 Å². The Morgan fingerprint density at radius 3 is 2.67 bits per heavy atom. The average molecular weight is 484 g/mol. The first kappa shape index (κ1) is 21.8. The first-order valence-electron chi connectivity index (χ1n) is 10.5. The van der Waals surface area contributed by atoms with Crippen molar-refractivity contribution < 1.29 is 13.2 Å². The number of benzene rings is 1. The molecule has 1 aliphatic rings. The number of aromatic nitrogens is 4. The van der Waals surface area contributed by atoms with Gasteiger partial charge < -0.3 is 9.64 Å². The molecule has 0 saturated carbocycles. The van der Waals surface area contributed by atoms with Gasteiger partial charge in [-0.15, -0.1) is 0 Å². The minimum atomic E-state index is -3.79. The van der Waals surface area contributed by atoms with E-state index in [4.69, 9.17) is 21.3 Å². The van der Waals surface area contributed by atoms with Crippen LogP contribution in [0.2, 0.25) is 5.15 Å². The highest BCUT2D eigenvalue weighted by atomic mass is 35.5. The second-order valence-corrected chi connectivity index (χ2v) is 10.2. The second kappa shape index (κ2) is 8.40. The van der Waals surface area contributed by atoms with Gasteiger partial charge in [-0.2, -0.15) is 0 Å². The van der Waals surface area contributed by atoms with E-state index in [2.05, 4.69) is 21.8 Å². The molecule has 0 N–H and O–H groups in total. The van der Waals surface area contributed by atoms with E-state index in [1.807, 2.05) is 6.92 Å². The zero-order chi connectivity index (χ0) is 23.2. The average Bonchev–Trinajstić information content (AvgIpc) is 3.24. The van der Waals surface area contributed by atoms with Crippen LogP contribution in [0.15, 0.2) is 59.9 Å². The monoisotopic (exact) mass is 483 g/mol. The van der Waals surface area contributed by atoms with Crippen LogP contribution in [-0.2, 0) is 14.8 Å². The van der Waals surface area contributed by atoms with Gasteiger partial charge in [-0.25, -0.2) is 22.4 Å². The van der Waals surface area contributed by atoms with E-state index in [-0.39, 0.29) is 10.9 Å². The molecule has 3 aromatic heterocycles. The predicted molar refractivity (Wildman–Crippen MR) is 127 cm³/mol. The summed E-state index contributed by atoms with van der Waals surface area (Å²) in [5.74, 6) is 1.09. The van der Waals surface area contributed by atoms with E-state index < -0.39 is 10.0 Å². The fourth-order valence-electron chi connectivity index (χ4n) is 3.99. The van der Waals surface area contributed by atoms with Crippen molar-refractivity contribution in [1.29, 1.82) is 0 Å². The number of morpholine rings is 1. The van der Waals surface area contributed by atoms with Gasteiger partial charge in [0, 0.05) is 36.0 Å². The molecule has 0 bridgehead atoms. The maximum atomic E-state index is 13.3. The third kappa shape index (κ3) is 3.96. The summed E-state index contributed by atoms with van der Waals surface area (Å²) in [6, 6.07) is 10.4. The molecule has 4 aromatic rings. The Morgan fingerprint density at radius 2 is 1.91 bits per heavy atom. The number of fused-ring (bicyclic) bond motifs is 1. The topological polar surface area (TPSA) is 90.2 Å². The Morgan fingerprint density at radius 1 is 1.12 bits per heavy atom. The molecule has 0 amide bonds. The number of pyridine rings is 1. The molecule has 0 aliphatic carbocycles. The lowest BCUT2D eigenvalue weighted by molar-refractivity contribution is 0.0985. The minimum Gasteiger partial charge on any atom is -0.377 e. The number of hydrogen-bond donors (Lipinski definition) is 0. The molecule has 10 heteroatoms. The number of rotatable bonds is 4. The molecular weight excluding hydrogens is 462 g/mol. The number of anilines is 1. The first-order chi connectivity index (χ1) is 15.8. The molecule has 0 unspecified atom stereocenters. The van der Waals surface area contributed by atoms with Crippen LogP contribution < -0.4 is 4.90 Å². The highest BCUT2D eigenvalue weighted by Gasteiger charge is 2.24. The lowest BCUT2D eigenvalue weighted by Crippen LogP contribution is -2.44. The van der Waals surface area contributed by atoms with Crippen molar-refractivity contribution in [2.24, 2.45) is 0 Å². The van der Waals surface area contributed by atoms with E-state index in [1.165, 1.54) is 16.4 Å². The summed E-state index contributed by atoms with van der Waals surface area (Å²) in [4.78, 5) is 15.8. The molecular formula is C23H22ClN5O3S. The molecule has 170 valence electrons. The fraction of sp³-hybridized carbons (Fsp3) is 0.261. The fourth-order valence-corrected chi connectivity index (χ4v) is 5.50. The summed E-state index contributed by atoms with van der Waals surface area (Å²) in [6.07, 6.45) is 4.68. The van der Waals surface area contributed by atoms with E-state index >= 15 is 0 Å². The van der Waals surface area contributed by atoms with Crippen molar-refractivity contribution in [1.82, 2.24) is 18.9 Å². The molecule has 1 aliphatic heterocycles. The normalized spacial score (nSPS) is 16.9. The number of aryl methyl sites for hydroxylation is 1. The van der Waals surface area contributed by atoms with Gasteiger partial charge in [-0.1, -0.05) is 29.3 Å². The summed E-state index contributed by atoms with van der Waals surface area (Å²) in [6.45, 7) is 5.88. The van der Waals surface area contributed by atoms with Crippen molar-refractivity contribution in [3.05, 3.63) is 65.7 Å². The van der Waals surface area contributed by atoms with Gasteiger partial charge in [0.1, 0.15) is 11.0 Å². The summed E-state index contributed by atoms with van der Waals surface area (Å²) in [7, 11) is -3.79. The molecule has 0 radical (unpaired) electrons. The molecule has 1 atom stereocenters. The number of hydrogen-bond acceptors (Lipinski definition) is 7. The molecule has 1 fully saturated rings. The second-order valence-electron chi connectivity index (χ2n) is 8.04. The molecule has 33 heavy (non-hydrogen) atoms. The minimum absolute atomic E-state index is 0.146. The summed E-state index contributed by atoms with van der Waals surface area (Å²) < 4.78 is 33.3. The van der Waals surface area contributed by atoms with Crippen LogP contribution in [0.3, 0.4) is 0 Å². The Balaban J connectivity index is 1.61. The largest absolute Gasteiger partial charge is 0.377 e. The van der Waals surface area contributed by atoms with Crippen LogP contribution in [0.4, 0.5) is 5.82 Å². The van der Waals surface area contributed by atoms with Crippen molar-refractivity contribution in [2.45, 2.75) is 24.8 Å². The molecule has 8 nitrogen and oxygen atoms in total. The third-order valence-electron chi connectivity index (χ3n) is 5.74. The SMILES string of the molecule is Cc1ccc(S(=O)(=O)n2ccc3c(-c4nc(Cl)cc(N5CCOC[C@H]5C)n4)cncc32)cc1. The predicted octanol–water partition coefficient (Wildman–Crippen LogP) is 3.92. The zero-order valence-electron chi connectivity index (χ0n) is 18.1. The van der Waals surface area contributed by atoms with Crippen molar-refractivity contribution >= 4 is 38.3 Å². The van der Waals surface area contributed by atoms with Crippen LogP contribution in [0.25, 0.3) is 22.3 Å². The Labute approximate surface area is 196 Å². The van der Waals surface area contributed by atoms with E-state index in [0.29, 0.717) is 53.0 Å². The van der Waals surface area contributed by atoms with Crippen LogP contribution in [-0.4, -0.2) is 53.1 Å². The quantitative estimate of drug-likeness (QED) is 0.406. The van der Waals surface area contributed by atoms with Gasteiger partial charge in [0.2, 0.25) is 0 Å². The number of nitrogens with zero attached hydrogens (tertiary/aromatic N) is 5. The number of halogens is 1. The zero-order valence-corrected chi connectivity index (χ0v) is 19.7. The smallest absolute Gasteiger partial charge is 0.268 e. The molecule has 1 aromatic carbocycles. The summed E-state index contributed by atoms with van der Waals surface area (Å²) in [5, 5.41) is 0.973. The molecule has 0 spiro atoms. The van der Waals surface area contributed by atoms with Gasteiger partial charge in [-0.05, 0) is 32.0 Å². The summed E-state index contributed by atoms with van der Waals surface area (Å²) in [5.41, 5.74) is 2.03. The maximum absolute atomic E-state index is 13.3. The Hall–Kier alpha value is -3.01. The molecule has 1 saturated heterocycles. The lowest BCUT2D eigenvalue weighted by Gasteiger charge is -2.34. The van der Waals surface area contributed by atoms with Gasteiger partial charge in [0.15, 0.2) is 5.82 Å².